The number of aryl methyl sites for hydroxylation is 2. The summed E-state index contributed by atoms with van der Waals surface area (Å²) in [5.74, 6) is 0. The highest BCUT2D eigenvalue weighted by molar-refractivity contribution is 7.18. The molecule has 5 nitrogen and oxygen atoms in total. The highest BCUT2D eigenvalue weighted by Crippen LogP contribution is 2.19. The Balaban J connectivity index is 2.07. The molecule has 18 heavy (non-hydrogen) atoms. The lowest BCUT2D eigenvalue weighted by atomic mass is 10.3. The molecule has 3 aromatic heterocycles. The van der Waals surface area contributed by atoms with Gasteiger partial charge in [0.25, 0.3) is 5.56 Å². The predicted molar refractivity (Wildman–Crippen MR) is 71.0 cm³/mol. The van der Waals surface area contributed by atoms with Crippen molar-refractivity contribution in [2.24, 2.45) is 0 Å². The minimum atomic E-state index is -0.00926. The zero-order chi connectivity index (χ0) is 12.7. The summed E-state index contributed by atoms with van der Waals surface area (Å²) in [4.78, 5) is 18.5. The first kappa shape index (κ1) is 11.2. The molecule has 3 rings (SSSR count). The van der Waals surface area contributed by atoms with Crippen LogP contribution in [0.1, 0.15) is 16.3 Å². The van der Waals surface area contributed by atoms with Crippen LogP contribution in [-0.2, 0) is 6.54 Å². The molecule has 0 atom stereocenters. The second-order valence-corrected chi connectivity index (χ2v) is 5.53. The number of rotatable bonds is 2. The van der Waals surface area contributed by atoms with Crippen LogP contribution in [-0.4, -0.2) is 19.7 Å². The molecule has 0 aliphatic carbocycles. The van der Waals surface area contributed by atoms with Gasteiger partial charge in [0.05, 0.1) is 24.0 Å². The van der Waals surface area contributed by atoms with E-state index >= 15 is 0 Å². The second-order valence-electron chi connectivity index (χ2n) is 4.30. The van der Waals surface area contributed by atoms with E-state index in [2.05, 4.69) is 15.2 Å². The van der Waals surface area contributed by atoms with Crippen molar-refractivity contribution in [2.45, 2.75) is 20.4 Å². The van der Waals surface area contributed by atoms with E-state index in [1.54, 1.807) is 10.9 Å². The van der Waals surface area contributed by atoms with E-state index < -0.39 is 0 Å². The van der Waals surface area contributed by atoms with Gasteiger partial charge in [-0.25, -0.2) is 4.98 Å². The molecule has 3 heterocycles. The lowest BCUT2D eigenvalue weighted by Gasteiger charge is -2.01. The van der Waals surface area contributed by atoms with Crippen molar-refractivity contribution in [1.29, 1.82) is 0 Å². The van der Waals surface area contributed by atoms with Gasteiger partial charge in [-0.15, -0.1) is 11.3 Å². The molecule has 0 bridgehead atoms. The molecule has 0 fully saturated rings. The first-order valence-electron chi connectivity index (χ1n) is 5.60. The van der Waals surface area contributed by atoms with Crippen molar-refractivity contribution in [3.8, 4) is 0 Å². The molecule has 0 aliphatic heterocycles. The molecule has 6 heteroatoms. The molecule has 0 aromatic carbocycles. The topological polar surface area (TPSA) is 63.6 Å². The Morgan fingerprint density at radius 2 is 2.22 bits per heavy atom. The Morgan fingerprint density at radius 1 is 1.39 bits per heavy atom. The number of fused-ring (bicyclic) bond motifs is 1. The van der Waals surface area contributed by atoms with Crippen molar-refractivity contribution >= 4 is 21.6 Å². The number of hydrogen-bond acceptors (Lipinski definition) is 4. The molecule has 0 radical (unpaired) electrons. The van der Waals surface area contributed by atoms with Crippen LogP contribution in [0, 0.1) is 13.8 Å². The molecule has 0 saturated heterocycles. The third-order valence-corrected chi connectivity index (χ3v) is 3.69. The summed E-state index contributed by atoms with van der Waals surface area (Å²) in [6.45, 7) is 4.36. The zero-order valence-corrected chi connectivity index (χ0v) is 10.9. The van der Waals surface area contributed by atoms with Gasteiger partial charge in [-0.3, -0.25) is 14.5 Å². The molecular formula is C12H12N4OS. The fraction of sp³-hybridized carbons (Fsp3) is 0.250. The van der Waals surface area contributed by atoms with Gasteiger partial charge >= 0.3 is 0 Å². The van der Waals surface area contributed by atoms with Gasteiger partial charge in [0.2, 0.25) is 0 Å². The van der Waals surface area contributed by atoms with Crippen molar-refractivity contribution in [3.63, 3.8) is 0 Å². The Bertz CT molecular complexity index is 768. The number of aromatic amines is 1. The lowest BCUT2D eigenvalue weighted by molar-refractivity contribution is 0.726. The van der Waals surface area contributed by atoms with E-state index in [0.717, 1.165) is 21.1 Å². The maximum absolute atomic E-state index is 12.2. The fourth-order valence-electron chi connectivity index (χ4n) is 1.92. The number of H-pyrrole nitrogens is 1. The molecule has 0 aliphatic rings. The third kappa shape index (κ3) is 1.84. The van der Waals surface area contributed by atoms with Crippen LogP contribution in [0.2, 0.25) is 0 Å². The SMILES string of the molecule is Cc1cc(Cn2cnc3sc(C)cc3c2=O)n[nH]1. The summed E-state index contributed by atoms with van der Waals surface area (Å²) < 4.78 is 1.59. The van der Waals surface area contributed by atoms with Gasteiger partial charge in [-0.05, 0) is 26.0 Å². The monoisotopic (exact) mass is 260 g/mol. The quantitative estimate of drug-likeness (QED) is 0.764. The number of nitrogens with zero attached hydrogens (tertiary/aromatic N) is 3. The molecule has 0 spiro atoms. The first-order chi connectivity index (χ1) is 8.63. The van der Waals surface area contributed by atoms with Crippen molar-refractivity contribution in [3.05, 3.63) is 45.1 Å². The van der Waals surface area contributed by atoms with E-state index in [-0.39, 0.29) is 5.56 Å². The molecule has 92 valence electrons. The summed E-state index contributed by atoms with van der Waals surface area (Å²) in [5, 5.41) is 7.68. The highest BCUT2D eigenvalue weighted by Gasteiger charge is 2.08. The Morgan fingerprint density at radius 3 is 2.94 bits per heavy atom. The molecule has 0 unspecified atom stereocenters. The van der Waals surface area contributed by atoms with Gasteiger partial charge in [0.1, 0.15) is 4.83 Å². The van der Waals surface area contributed by atoms with Crippen LogP contribution in [0.25, 0.3) is 10.2 Å². The first-order valence-corrected chi connectivity index (χ1v) is 6.41. The van der Waals surface area contributed by atoms with Crippen LogP contribution in [0.5, 0.6) is 0 Å². The van der Waals surface area contributed by atoms with Crippen LogP contribution in [0.15, 0.2) is 23.3 Å². The standard InChI is InChI=1S/C12H12N4OS/c1-7-3-9(15-14-7)5-16-6-13-11-10(12(16)17)4-8(2)18-11/h3-4,6H,5H2,1-2H3,(H,14,15). The Kier molecular flexibility index (Phi) is 2.52. The minimum Gasteiger partial charge on any atom is -0.293 e. The molecule has 1 N–H and O–H groups in total. The smallest absolute Gasteiger partial charge is 0.262 e. The maximum atomic E-state index is 12.2. The van der Waals surface area contributed by atoms with Gasteiger partial charge < -0.3 is 0 Å². The van der Waals surface area contributed by atoms with Gasteiger partial charge in [0.15, 0.2) is 0 Å². The fourth-order valence-corrected chi connectivity index (χ4v) is 2.76. The normalized spacial score (nSPS) is 11.2. The van der Waals surface area contributed by atoms with Gasteiger partial charge in [-0.1, -0.05) is 0 Å². The average Bonchev–Trinajstić information content (AvgIpc) is 2.89. The predicted octanol–water partition coefficient (Wildman–Crippen LogP) is 1.85. The van der Waals surface area contributed by atoms with Crippen LogP contribution < -0.4 is 5.56 Å². The summed E-state index contributed by atoms with van der Waals surface area (Å²) >= 11 is 1.54. The third-order valence-electron chi connectivity index (χ3n) is 2.73. The van der Waals surface area contributed by atoms with Crippen LogP contribution >= 0.6 is 11.3 Å². The van der Waals surface area contributed by atoms with Crippen molar-refractivity contribution in [1.82, 2.24) is 19.7 Å². The van der Waals surface area contributed by atoms with Gasteiger partial charge in [-0.2, -0.15) is 5.10 Å². The zero-order valence-electron chi connectivity index (χ0n) is 10.1. The largest absolute Gasteiger partial charge is 0.293 e. The van der Waals surface area contributed by atoms with E-state index in [4.69, 9.17) is 0 Å². The van der Waals surface area contributed by atoms with Crippen LogP contribution in [0.4, 0.5) is 0 Å². The molecule has 0 amide bonds. The number of hydrogen-bond donors (Lipinski definition) is 1. The second kappa shape index (κ2) is 4.06. The number of aromatic nitrogens is 4. The Hall–Kier alpha value is -1.95. The Labute approximate surface area is 107 Å². The van der Waals surface area contributed by atoms with E-state index in [1.807, 2.05) is 26.0 Å². The average molecular weight is 260 g/mol. The highest BCUT2D eigenvalue weighted by atomic mass is 32.1. The van der Waals surface area contributed by atoms with Crippen molar-refractivity contribution < 1.29 is 0 Å². The molecular weight excluding hydrogens is 248 g/mol. The number of thiophene rings is 1. The van der Waals surface area contributed by atoms with Crippen LogP contribution in [0.3, 0.4) is 0 Å². The minimum absolute atomic E-state index is 0.00926. The molecule has 0 saturated carbocycles. The maximum Gasteiger partial charge on any atom is 0.262 e. The summed E-state index contributed by atoms with van der Waals surface area (Å²) in [6, 6.07) is 3.82. The van der Waals surface area contributed by atoms with Gasteiger partial charge in [0, 0.05) is 10.6 Å². The van der Waals surface area contributed by atoms with E-state index in [9.17, 15) is 4.79 Å². The molecule has 3 aromatic rings. The van der Waals surface area contributed by atoms with Crippen molar-refractivity contribution in [2.75, 3.05) is 0 Å². The van der Waals surface area contributed by atoms with E-state index in [1.165, 1.54) is 11.3 Å². The summed E-state index contributed by atoms with van der Waals surface area (Å²) in [6.07, 6.45) is 1.59. The summed E-state index contributed by atoms with van der Waals surface area (Å²) in [5.41, 5.74) is 1.81. The lowest BCUT2D eigenvalue weighted by Crippen LogP contribution is -2.20. The summed E-state index contributed by atoms with van der Waals surface area (Å²) in [7, 11) is 0. The van der Waals surface area contributed by atoms with E-state index in [0.29, 0.717) is 11.9 Å². The number of nitrogens with one attached hydrogen (secondary N) is 1.